The number of carbonyl (C=O) groups excluding carboxylic acids is 1. The van der Waals surface area contributed by atoms with E-state index in [9.17, 15) is 9.90 Å². The molecule has 1 amide bonds. The molecular formula is C29H35N3O4. The van der Waals surface area contributed by atoms with Crippen molar-refractivity contribution in [1.82, 2.24) is 15.5 Å². The summed E-state index contributed by atoms with van der Waals surface area (Å²) in [6.45, 7) is 10.5. The lowest BCUT2D eigenvalue weighted by Gasteiger charge is -2.13. The summed E-state index contributed by atoms with van der Waals surface area (Å²) in [4.78, 5) is 17.1. The summed E-state index contributed by atoms with van der Waals surface area (Å²) in [6, 6.07) is 11.7. The summed E-state index contributed by atoms with van der Waals surface area (Å²) in [5.74, 6) is 1.52. The minimum absolute atomic E-state index is 0.0000521. The van der Waals surface area contributed by atoms with Gasteiger partial charge in [-0.15, -0.1) is 0 Å². The second-order valence-electron chi connectivity index (χ2n) is 9.84. The molecular weight excluding hydrogens is 454 g/mol. The first kappa shape index (κ1) is 25.6. The van der Waals surface area contributed by atoms with Gasteiger partial charge in [0, 0.05) is 23.3 Å². The Balaban J connectivity index is 1.27. The van der Waals surface area contributed by atoms with Crippen LogP contribution < -0.4 is 5.32 Å². The van der Waals surface area contributed by atoms with Crippen LogP contribution in [0.3, 0.4) is 0 Å². The normalized spacial score (nSPS) is 13.2. The second kappa shape index (κ2) is 11.1. The highest BCUT2D eigenvalue weighted by atomic mass is 16.5. The number of carbonyl (C=O) groups is 1. The van der Waals surface area contributed by atoms with Gasteiger partial charge >= 0.3 is 0 Å². The van der Waals surface area contributed by atoms with E-state index >= 15 is 0 Å². The second-order valence-corrected chi connectivity index (χ2v) is 9.84. The molecule has 3 heterocycles. The summed E-state index contributed by atoms with van der Waals surface area (Å²) < 4.78 is 11.0. The summed E-state index contributed by atoms with van der Waals surface area (Å²) in [5.41, 5.74) is 6.27. The Kier molecular flexibility index (Phi) is 7.89. The SMILES string of the molecule is Cc1ccc(CC(C)CCCNC(=O)Cc2ccc3oc(C(O)c4c(C)noc4C)cc3c2)c(C)n1. The van der Waals surface area contributed by atoms with Crippen LogP contribution in [0.15, 0.2) is 45.3 Å². The van der Waals surface area contributed by atoms with Crippen molar-refractivity contribution in [2.45, 2.75) is 66.4 Å². The number of pyridine rings is 1. The Bertz CT molecular complexity index is 1330. The standard InChI is InChI=1S/C29H35N3O4/c1-17(13-23-10-8-18(2)31-19(23)3)7-6-12-30-27(33)15-22-9-11-25-24(14-22)16-26(35-25)29(34)28-20(4)32-36-21(28)5/h8-11,14,16-17,29,34H,6-7,12-13,15H2,1-5H3,(H,30,33). The summed E-state index contributed by atoms with van der Waals surface area (Å²) >= 11 is 0. The number of fused-ring (bicyclic) bond motifs is 1. The fourth-order valence-corrected chi connectivity index (χ4v) is 4.72. The highest BCUT2D eigenvalue weighted by Crippen LogP contribution is 2.32. The van der Waals surface area contributed by atoms with Gasteiger partial charge < -0.3 is 19.4 Å². The first-order chi connectivity index (χ1) is 17.2. The van der Waals surface area contributed by atoms with E-state index in [1.165, 1.54) is 5.56 Å². The lowest BCUT2D eigenvalue weighted by Crippen LogP contribution is -2.26. The van der Waals surface area contributed by atoms with Crippen molar-refractivity contribution < 1.29 is 18.8 Å². The van der Waals surface area contributed by atoms with E-state index in [1.807, 2.05) is 25.1 Å². The van der Waals surface area contributed by atoms with E-state index < -0.39 is 6.10 Å². The first-order valence-corrected chi connectivity index (χ1v) is 12.5. The Morgan fingerprint density at radius 1 is 1.08 bits per heavy atom. The van der Waals surface area contributed by atoms with Crippen molar-refractivity contribution in [2.24, 2.45) is 5.92 Å². The topological polar surface area (TPSA) is 101 Å². The average molecular weight is 490 g/mol. The van der Waals surface area contributed by atoms with Gasteiger partial charge in [0.15, 0.2) is 0 Å². The Labute approximate surface area is 211 Å². The predicted octanol–water partition coefficient (Wildman–Crippen LogP) is 5.45. The Morgan fingerprint density at radius 3 is 2.61 bits per heavy atom. The van der Waals surface area contributed by atoms with Crippen LogP contribution in [0.2, 0.25) is 0 Å². The number of hydrogen-bond donors (Lipinski definition) is 2. The number of rotatable bonds is 10. The van der Waals surface area contributed by atoms with Crippen molar-refractivity contribution in [2.75, 3.05) is 6.54 Å². The number of aryl methyl sites for hydroxylation is 4. The molecule has 36 heavy (non-hydrogen) atoms. The maximum Gasteiger partial charge on any atom is 0.224 e. The van der Waals surface area contributed by atoms with Crippen LogP contribution in [0, 0.1) is 33.6 Å². The molecule has 0 spiro atoms. The fourth-order valence-electron chi connectivity index (χ4n) is 4.72. The van der Waals surface area contributed by atoms with Crippen LogP contribution in [0.1, 0.15) is 71.2 Å². The van der Waals surface area contributed by atoms with Crippen LogP contribution in [-0.2, 0) is 17.6 Å². The van der Waals surface area contributed by atoms with E-state index in [-0.39, 0.29) is 5.91 Å². The largest absolute Gasteiger partial charge is 0.458 e. The molecule has 7 heteroatoms. The molecule has 0 radical (unpaired) electrons. The van der Waals surface area contributed by atoms with Gasteiger partial charge in [-0.3, -0.25) is 9.78 Å². The van der Waals surface area contributed by atoms with Gasteiger partial charge in [0.25, 0.3) is 0 Å². The molecule has 7 nitrogen and oxygen atoms in total. The number of aliphatic hydroxyl groups is 1. The smallest absolute Gasteiger partial charge is 0.224 e. The first-order valence-electron chi connectivity index (χ1n) is 12.5. The van der Waals surface area contributed by atoms with Gasteiger partial charge in [-0.2, -0.15) is 0 Å². The van der Waals surface area contributed by atoms with Crippen molar-refractivity contribution in [3.63, 3.8) is 0 Å². The molecule has 3 aromatic heterocycles. The van der Waals surface area contributed by atoms with Crippen molar-refractivity contribution in [1.29, 1.82) is 0 Å². The van der Waals surface area contributed by atoms with Gasteiger partial charge in [0.2, 0.25) is 5.91 Å². The zero-order valence-electron chi connectivity index (χ0n) is 21.7. The summed E-state index contributed by atoms with van der Waals surface area (Å²) in [6.07, 6.45) is 2.33. The highest BCUT2D eigenvalue weighted by Gasteiger charge is 2.23. The molecule has 2 N–H and O–H groups in total. The highest BCUT2D eigenvalue weighted by molar-refractivity contribution is 5.83. The van der Waals surface area contributed by atoms with E-state index in [1.54, 1.807) is 19.9 Å². The molecule has 2 atom stereocenters. The molecule has 0 aliphatic heterocycles. The monoisotopic (exact) mass is 489 g/mol. The van der Waals surface area contributed by atoms with Crippen LogP contribution in [0.5, 0.6) is 0 Å². The average Bonchev–Trinajstić information content (AvgIpc) is 3.40. The lowest BCUT2D eigenvalue weighted by atomic mass is 9.95. The minimum Gasteiger partial charge on any atom is -0.458 e. The molecule has 0 aliphatic rings. The zero-order valence-corrected chi connectivity index (χ0v) is 21.7. The van der Waals surface area contributed by atoms with Crippen molar-refractivity contribution >= 4 is 16.9 Å². The molecule has 4 aromatic rings. The third-order valence-corrected chi connectivity index (χ3v) is 6.69. The van der Waals surface area contributed by atoms with Crippen molar-refractivity contribution in [3.8, 4) is 0 Å². The van der Waals surface area contributed by atoms with E-state index in [0.29, 0.717) is 47.2 Å². The summed E-state index contributed by atoms with van der Waals surface area (Å²) in [5, 5.41) is 18.6. The number of benzene rings is 1. The zero-order chi connectivity index (χ0) is 25.8. The number of amides is 1. The van der Waals surface area contributed by atoms with Crippen LogP contribution in [0.25, 0.3) is 11.0 Å². The maximum atomic E-state index is 12.5. The van der Waals surface area contributed by atoms with Gasteiger partial charge in [0.05, 0.1) is 17.7 Å². The minimum atomic E-state index is -0.955. The molecule has 0 bridgehead atoms. The van der Waals surface area contributed by atoms with Crippen LogP contribution >= 0.6 is 0 Å². The molecule has 0 fully saturated rings. The lowest BCUT2D eigenvalue weighted by molar-refractivity contribution is -0.120. The van der Waals surface area contributed by atoms with Gasteiger partial charge in [-0.1, -0.05) is 24.2 Å². The van der Waals surface area contributed by atoms with Crippen LogP contribution in [-0.4, -0.2) is 27.7 Å². The predicted molar refractivity (Wildman–Crippen MR) is 139 cm³/mol. The molecule has 190 valence electrons. The Hall–Kier alpha value is -3.45. The number of nitrogens with zero attached hydrogens (tertiary/aromatic N) is 2. The number of aromatic nitrogens is 2. The molecule has 2 unspecified atom stereocenters. The molecule has 0 aliphatic carbocycles. The van der Waals surface area contributed by atoms with Gasteiger partial charge in [0.1, 0.15) is 23.2 Å². The number of hydrogen-bond acceptors (Lipinski definition) is 6. The number of nitrogens with one attached hydrogen (secondary N) is 1. The van der Waals surface area contributed by atoms with E-state index in [4.69, 9.17) is 8.94 Å². The molecule has 1 aromatic carbocycles. The molecule has 0 saturated carbocycles. The third kappa shape index (κ3) is 6.02. The third-order valence-electron chi connectivity index (χ3n) is 6.69. The Morgan fingerprint density at radius 2 is 1.89 bits per heavy atom. The summed E-state index contributed by atoms with van der Waals surface area (Å²) in [7, 11) is 0. The van der Waals surface area contributed by atoms with E-state index in [2.05, 4.69) is 41.4 Å². The number of furan rings is 1. The maximum absolute atomic E-state index is 12.5. The number of aliphatic hydroxyl groups excluding tert-OH is 1. The van der Waals surface area contributed by atoms with Crippen LogP contribution in [0.4, 0.5) is 0 Å². The van der Waals surface area contributed by atoms with Gasteiger partial charge in [-0.25, -0.2) is 0 Å². The fraction of sp³-hybridized carbons (Fsp3) is 0.414. The quantitative estimate of drug-likeness (QED) is 0.287. The van der Waals surface area contributed by atoms with Crippen molar-refractivity contribution in [3.05, 3.63) is 81.7 Å². The molecule has 0 saturated heterocycles. The van der Waals surface area contributed by atoms with Gasteiger partial charge in [-0.05, 0) is 88.3 Å². The van der Waals surface area contributed by atoms with E-state index in [0.717, 1.165) is 41.6 Å². The molecule has 4 rings (SSSR count).